The van der Waals surface area contributed by atoms with Crippen LogP contribution in [0.3, 0.4) is 0 Å². The van der Waals surface area contributed by atoms with Gasteiger partial charge in [0.15, 0.2) is 0 Å². The number of carboxylic acid groups (broad SMARTS) is 1. The van der Waals surface area contributed by atoms with Crippen molar-refractivity contribution in [1.29, 1.82) is 0 Å². The van der Waals surface area contributed by atoms with E-state index >= 15 is 0 Å². The summed E-state index contributed by atoms with van der Waals surface area (Å²) in [6.07, 6.45) is 3.01. The van der Waals surface area contributed by atoms with Gasteiger partial charge in [0.25, 0.3) is 5.91 Å². The summed E-state index contributed by atoms with van der Waals surface area (Å²) in [4.78, 5) is 29.7. The second-order valence-corrected chi connectivity index (χ2v) is 4.35. The van der Waals surface area contributed by atoms with Crippen LogP contribution in [0.1, 0.15) is 16.1 Å². The number of rotatable bonds is 6. The van der Waals surface area contributed by atoms with Crippen LogP contribution in [0.5, 0.6) is 5.75 Å². The zero-order valence-electron chi connectivity index (χ0n) is 11.3. The molecule has 1 heterocycles. The van der Waals surface area contributed by atoms with Crippen molar-refractivity contribution in [2.75, 3.05) is 7.11 Å². The zero-order chi connectivity index (χ0) is 15.2. The molecule has 2 aromatic rings. The Kier molecular flexibility index (Phi) is 4.55. The minimum atomic E-state index is -1.36. The van der Waals surface area contributed by atoms with E-state index in [1.165, 1.54) is 19.6 Å². The van der Waals surface area contributed by atoms with Crippen LogP contribution in [-0.2, 0) is 11.2 Å². The summed E-state index contributed by atoms with van der Waals surface area (Å²) in [5, 5.41) is 13.5. The van der Waals surface area contributed by atoms with Gasteiger partial charge in [0.05, 0.1) is 25.4 Å². The Morgan fingerprint density at radius 3 is 2.62 bits per heavy atom. The first kappa shape index (κ1) is 14.6. The molecule has 0 bridgehead atoms. The Hall–Kier alpha value is -2.83. The molecule has 1 atom stereocenters. The summed E-state index contributed by atoms with van der Waals surface area (Å²) in [5.74, 6) is -1.24. The maximum Gasteiger partial charge on any atom is 0.251 e. The molecule has 0 unspecified atom stereocenters. The Morgan fingerprint density at radius 1 is 1.38 bits per heavy atom. The number of hydrogen-bond donors (Lipinski definition) is 2. The molecule has 21 heavy (non-hydrogen) atoms. The maximum absolute atomic E-state index is 12.0. The maximum atomic E-state index is 12.0. The Balaban J connectivity index is 2.05. The van der Waals surface area contributed by atoms with Crippen LogP contribution in [0.2, 0.25) is 0 Å². The molecule has 1 aromatic heterocycles. The lowest BCUT2D eigenvalue weighted by atomic mass is 10.1. The first-order chi connectivity index (χ1) is 10.1. The van der Waals surface area contributed by atoms with Crippen LogP contribution >= 0.6 is 0 Å². The molecular formula is C14H14N3O4-. The summed E-state index contributed by atoms with van der Waals surface area (Å²) in [6.45, 7) is 0. The number of aliphatic carboxylic acids is 1. The first-order valence-corrected chi connectivity index (χ1v) is 6.23. The molecule has 0 fully saturated rings. The van der Waals surface area contributed by atoms with E-state index in [0.29, 0.717) is 17.0 Å². The Bertz CT molecular complexity index is 608. The van der Waals surface area contributed by atoms with Gasteiger partial charge in [-0.1, -0.05) is 0 Å². The molecule has 0 aliphatic carbocycles. The lowest BCUT2D eigenvalue weighted by molar-refractivity contribution is -0.308. The van der Waals surface area contributed by atoms with E-state index in [2.05, 4.69) is 15.3 Å². The minimum absolute atomic E-state index is 0.0736. The largest absolute Gasteiger partial charge is 0.548 e. The van der Waals surface area contributed by atoms with Crippen molar-refractivity contribution in [3.05, 3.63) is 48.0 Å². The van der Waals surface area contributed by atoms with Gasteiger partial charge >= 0.3 is 0 Å². The predicted octanol–water partition coefficient (Wildman–Crippen LogP) is -0.491. The van der Waals surface area contributed by atoms with Crippen molar-refractivity contribution < 1.29 is 19.4 Å². The van der Waals surface area contributed by atoms with Gasteiger partial charge in [-0.25, -0.2) is 4.98 Å². The van der Waals surface area contributed by atoms with Crippen molar-refractivity contribution in [3.8, 4) is 5.75 Å². The summed E-state index contributed by atoms with van der Waals surface area (Å²) in [7, 11) is 1.52. The summed E-state index contributed by atoms with van der Waals surface area (Å²) in [6, 6.07) is 5.21. The van der Waals surface area contributed by atoms with Gasteiger partial charge < -0.3 is 24.9 Å². The van der Waals surface area contributed by atoms with Gasteiger partial charge in [-0.2, -0.15) is 0 Å². The molecular weight excluding hydrogens is 274 g/mol. The Labute approximate surface area is 121 Å². The van der Waals surface area contributed by atoms with Crippen molar-refractivity contribution in [2.45, 2.75) is 12.5 Å². The number of hydrogen-bond acceptors (Lipinski definition) is 5. The van der Waals surface area contributed by atoms with E-state index in [-0.39, 0.29) is 6.42 Å². The number of carbonyl (C=O) groups excluding carboxylic acids is 2. The summed E-state index contributed by atoms with van der Waals surface area (Å²) >= 11 is 0. The molecule has 0 aliphatic rings. The standard InChI is InChI=1S/C14H15N3O4/c1-21-11-4-2-9(3-5-11)13(18)17-12(14(19)20)6-10-7-15-8-16-10/h2-5,7-8,12H,6H2,1H3,(H,15,16)(H,17,18)(H,19,20)/p-1/t12-/m0/s1. The van der Waals surface area contributed by atoms with E-state index < -0.39 is 17.9 Å². The highest BCUT2D eigenvalue weighted by Crippen LogP contribution is 2.11. The number of aromatic nitrogens is 2. The number of nitrogens with zero attached hydrogens (tertiary/aromatic N) is 1. The average Bonchev–Trinajstić information content (AvgIpc) is 2.99. The van der Waals surface area contributed by atoms with Crippen molar-refractivity contribution in [3.63, 3.8) is 0 Å². The average molecular weight is 288 g/mol. The van der Waals surface area contributed by atoms with Gasteiger partial charge in [-0.05, 0) is 24.3 Å². The molecule has 7 heteroatoms. The number of benzene rings is 1. The van der Waals surface area contributed by atoms with Crippen molar-refractivity contribution >= 4 is 11.9 Å². The normalized spacial score (nSPS) is 11.7. The van der Waals surface area contributed by atoms with E-state index in [1.54, 1.807) is 24.3 Å². The van der Waals surface area contributed by atoms with Gasteiger partial charge in [-0.15, -0.1) is 0 Å². The number of carboxylic acids is 1. The van der Waals surface area contributed by atoms with Crippen LogP contribution in [0.4, 0.5) is 0 Å². The molecule has 0 saturated heterocycles. The molecule has 1 amide bonds. The monoisotopic (exact) mass is 288 g/mol. The third kappa shape index (κ3) is 3.82. The second kappa shape index (κ2) is 6.56. The van der Waals surface area contributed by atoms with Crippen LogP contribution in [-0.4, -0.2) is 35.0 Å². The van der Waals surface area contributed by atoms with Crippen LogP contribution < -0.4 is 15.2 Å². The van der Waals surface area contributed by atoms with Gasteiger partial charge in [0.2, 0.25) is 0 Å². The third-order valence-electron chi connectivity index (χ3n) is 2.92. The lowest BCUT2D eigenvalue weighted by Gasteiger charge is -2.19. The fourth-order valence-corrected chi connectivity index (χ4v) is 1.79. The zero-order valence-corrected chi connectivity index (χ0v) is 11.3. The first-order valence-electron chi connectivity index (χ1n) is 6.23. The minimum Gasteiger partial charge on any atom is -0.548 e. The summed E-state index contributed by atoms with van der Waals surface area (Å²) in [5.41, 5.74) is 0.936. The van der Waals surface area contributed by atoms with Crippen LogP contribution in [0.15, 0.2) is 36.8 Å². The van der Waals surface area contributed by atoms with Gasteiger partial charge in [0, 0.05) is 23.9 Å². The topological polar surface area (TPSA) is 107 Å². The number of aromatic amines is 1. The molecule has 2 rings (SSSR count). The predicted molar refractivity (Wildman–Crippen MR) is 71.5 cm³/mol. The molecule has 0 spiro atoms. The van der Waals surface area contributed by atoms with E-state index in [9.17, 15) is 14.7 Å². The SMILES string of the molecule is COc1ccc(C(=O)N[C@@H](Cc2cnc[nH]2)C(=O)[O-])cc1. The third-order valence-corrected chi connectivity index (χ3v) is 2.92. The number of carbonyl (C=O) groups is 2. The van der Waals surface area contributed by atoms with Crippen LogP contribution in [0.25, 0.3) is 0 Å². The molecule has 0 saturated carbocycles. The fraction of sp³-hybridized carbons (Fsp3) is 0.214. The van der Waals surface area contributed by atoms with E-state index in [1.807, 2.05) is 0 Å². The molecule has 2 N–H and O–H groups in total. The van der Waals surface area contributed by atoms with Gasteiger partial charge in [-0.3, -0.25) is 4.79 Å². The summed E-state index contributed by atoms with van der Waals surface area (Å²) < 4.78 is 4.99. The number of imidazole rings is 1. The van der Waals surface area contributed by atoms with Gasteiger partial charge in [0.1, 0.15) is 5.75 Å². The number of H-pyrrole nitrogens is 1. The number of amides is 1. The van der Waals surface area contributed by atoms with Crippen LogP contribution in [0, 0.1) is 0 Å². The van der Waals surface area contributed by atoms with Crippen molar-refractivity contribution in [2.24, 2.45) is 0 Å². The fourth-order valence-electron chi connectivity index (χ4n) is 1.79. The molecule has 7 nitrogen and oxygen atoms in total. The highest BCUT2D eigenvalue weighted by atomic mass is 16.5. The molecule has 110 valence electrons. The van der Waals surface area contributed by atoms with Crippen molar-refractivity contribution in [1.82, 2.24) is 15.3 Å². The second-order valence-electron chi connectivity index (χ2n) is 4.35. The molecule has 1 aromatic carbocycles. The Morgan fingerprint density at radius 2 is 2.10 bits per heavy atom. The molecule has 0 aliphatic heterocycles. The number of nitrogens with one attached hydrogen (secondary N) is 2. The highest BCUT2D eigenvalue weighted by molar-refractivity contribution is 5.96. The highest BCUT2D eigenvalue weighted by Gasteiger charge is 2.16. The quantitative estimate of drug-likeness (QED) is 0.746. The lowest BCUT2D eigenvalue weighted by Crippen LogP contribution is -2.49. The number of ether oxygens (including phenoxy) is 1. The van der Waals surface area contributed by atoms with E-state index in [4.69, 9.17) is 4.74 Å². The smallest absolute Gasteiger partial charge is 0.251 e. The molecule has 0 radical (unpaired) electrons. The number of methoxy groups -OCH3 is 1. The van der Waals surface area contributed by atoms with E-state index in [0.717, 1.165) is 0 Å².